The molecule has 1 atom stereocenters. The second kappa shape index (κ2) is 4.60. The fourth-order valence-electron chi connectivity index (χ4n) is 3.53. The molecule has 2 heterocycles. The SMILES string of the molecule is Cc1cccc(C2(CC3CCC(C)(C)O3)CNC2)c1. The molecule has 3 rings (SSSR count). The van der Waals surface area contributed by atoms with Gasteiger partial charge >= 0.3 is 0 Å². The summed E-state index contributed by atoms with van der Waals surface area (Å²) < 4.78 is 6.20. The highest BCUT2D eigenvalue weighted by atomic mass is 16.5. The summed E-state index contributed by atoms with van der Waals surface area (Å²) in [5, 5.41) is 3.46. The molecule has 0 amide bonds. The third kappa shape index (κ3) is 2.56. The molecule has 0 aromatic heterocycles. The molecule has 0 aliphatic carbocycles. The van der Waals surface area contributed by atoms with Crippen molar-refractivity contribution < 1.29 is 4.74 Å². The number of hydrogen-bond acceptors (Lipinski definition) is 2. The maximum Gasteiger partial charge on any atom is 0.0631 e. The second-order valence-electron chi connectivity index (χ2n) is 7.00. The molecule has 1 aromatic carbocycles. The van der Waals surface area contributed by atoms with E-state index in [2.05, 4.69) is 50.4 Å². The summed E-state index contributed by atoms with van der Waals surface area (Å²) in [5.74, 6) is 0. The summed E-state index contributed by atoms with van der Waals surface area (Å²) in [7, 11) is 0. The molecular formula is C17H25NO. The molecule has 2 aliphatic heterocycles. The molecular weight excluding hydrogens is 234 g/mol. The molecule has 1 unspecified atom stereocenters. The van der Waals surface area contributed by atoms with Gasteiger partial charge in [0.2, 0.25) is 0 Å². The quantitative estimate of drug-likeness (QED) is 0.900. The summed E-state index contributed by atoms with van der Waals surface area (Å²) in [4.78, 5) is 0. The Labute approximate surface area is 116 Å². The highest BCUT2D eigenvalue weighted by Crippen LogP contribution is 2.40. The van der Waals surface area contributed by atoms with Crippen LogP contribution in [0.2, 0.25) is 0 Å². The van der Waals surface area contributed by atoms with E-state index in [-0.39, 0.29) is 5.60 Å². The highest BCUT2D eigenvalue weighted by Gasteiger charge is 2.43. The predicted octanol–water partition coefficient (Wildman–Crippen LogP) is 3.18. The third-order valence-electron chi connectivity index (χ3n) is 4.73. The number of aryl methyl sites for hydroxylation is 1. The average molecular weight is 259 g/mol. The monoisotopic (exact) mass is 259 g/mol. The zero-order valence-corrected chi connectivity index (χ0v) is 12.3. The Bertz CT molecular complexity index is 462. The third-order valence-corrected chi connectivity index (χ3v) is 4.73. The average Bonchev–Trinajstić information content (AvgIpc) is 2.63. The lowest BCUT2D eigenvalue weighted by Gasteiger charge is -2.45. The Morgan fingerprint density at radius 1 is 1.32 bits per heavy atom. The van der Waals surface area contributed by atoms with Crippen LogP contribution in [-0.4, -0.2) is 24.8 Å². The van der Waals surface area contributed by atoms with E-state index in [0.717, 1.165) is 19.5 Å². The number of nitrogens with one attached hydrogen (secondary N) is 1. The Balaban J connectivity index is 1.77. The molecule has 2 saturated heterocycles. The van der Waals surface area contributed by atoms with E-state index in [1.54, 1.807) is 0 Å². The van der Waals surface area contributed by atoms with Crippen LogP contribution in [0.5, 0.6) is 0 Å². The molecule has 2 nitrogen and oxygen atoms in total. The second-order valence-corrected chi connectivity index (χ2v) is 7.00. The number of rotatable bonds is 3. The summed E-state index contributed by atoms with van der Waals surface area (Å²) in [6.45, 7) is 8.79. The molecule has 104 valence electrons. The van der Waals surface area contributed by atoms with Gasteiger partial charge in [0, 0.05) is 18.5 Å². The van der Waals surface area contributed by atoms with Crippen LogP contribution in [0.25, 0.3) is 0 Å². The minimum absolute atomic E-state index is 0.0790. The van der Waals surface area contributed by atoms with Gasteiger partial charge in [0.05, 0.1) is 11.7 Å². The van der Waals surface area contributed by atoms with E-state index in [1.807, 2.05) is 0 Å². The Kier molecular flexibility index (Phi) is 3.18. The largest absolute Gasteiger partial charge is 0.372 e. The summed E-state index contributed by atoms with van der Waals surface area (Å²) in [6.07, 6.45) is 3.99. The highest BCUT2D eigenvalue weighted by molar-refractivity contribution is 5.33. The van der Waals surface area contributed by atoms with E-state index in [0.29, 0.717) is 11.5 Å². The fourth-order valence-corrected chi connectivity index (χ4v) is 3.53. The number of benzene rings is 1. The van der Waals surface area contributed by atoms with Gasteiger partial charge in [0.25, 0.3) is 0 Å². The molecule has 2 heteroatoms. The van der Waals surface area contributed by atoms with E-state index in [4.69, 9.17) is 4.74 Å². The molecule has 19 heavy (non-hydrogen) atoms. The van der Waals surface area contributed by atoms with Gasteiger partial charge in [-0.05, 0) is 45.6 Å². The zero-order valence-electron chi connectivity index (χ0n) is 12.3. The number of ether oxygens (including phenoxy) is 1. The molecule has 0 spiro atoms. The van der Waals surface area contributed by atoms with Crippen LogP contribution >= 0.6 is 0 Å². The van der Waals surface area contributed by atoms with Gasteiger partial charge in [-0.15, -0.1) is 0 Å². The lowest BCUT2D eigenvalue weighted by Crippen LogP contribution is -2.58. The molecule has 0 radical (unpaired) electrons. The topological polar surface area (TPSA) is 21.3 Å². The normalized spacial score (nSPS) is 28.1. The maximum absolute atomic E-state index is 6.20. The smallest absolute Gasteiger partial charge is 0.0631 e. The zero-order chi connectivity index (χ0) is 13.5. The van der Waals surface area contributed by atoms with Crippen LogP contribution < -0.4 is 5.32 Å². The summed E-state index contributed by atoms with van der Waals surface area (Å²) in [6, 6.07) is 9.00. The summed E-state index contributed by atoms with van der Waals surface area (Å²) >= 11 is 0. The first-order valence-corrected chi connectivity index (χ1v) is 7.45. The van der Waals surface area contributed by atoms with Crippen LogP contribution in [0.1, 0.15) is 44.2 Å². The molecule has 1 N–H and O–H groups in total. The van der Waals surface area contributed by atoms with Crippen molar-refractivity contribution in [1.82, 2.24) is 5.32 Å². The van der Waals surface area contributed by atoms with Crippen molar-refractivity contribution in [2.24, 2.45) is 0 Å². The van der Waals surface area contributed by atoms with Crippen molar-refractivity contribution in [2.75, 3.05) is 13.1 Å². The van der Waals surface area contributed by atoms with E-state index < -0.39 is 0 Å². The van der Waals surface area contributed by atoms with Gasteiger partial charge < -0.3 is 10.1 Å². The summed E-state index contributed by atoms with van der Waals surface area (Å²) in [5.41, 5.74) is 3.23. The van der Waals surface area contributed by atoms with Crippen LogP contribution in [-0.2, 0) is 10.2 Å². The van der Waals surface area contributed by atoms with Gasteiger partial charge in [-0.3, -0.25) is 0 Å². The minimum atomic E-state index is 0.0790. The Morgan fingerprint density at radius 3 is 2.63 bits per heavy atom. The maximum atomic E-state index is 6.20. The first-order chi connectivity index (χ1) is 8.99. The Hall–Kier alpha value is -0.860. The van der Waals surface area contributed by atoms with Crippen molar-refractivity contribution in [3.63, 3.8) is 0 Å². The van der Waals surface area contributed by atoms with Crippen molar-refractivity contribution in [3.8, 4) is 0 Å². The number of hydrogen-bond donors (Lipinski definition) is 1. The minimum Gasteiger partial charge on any atom is -0.372 e. The first-order valence-electron chi connectivity index (χ1n) is 7.45. The van der Waals surface area contributed by atoms with E-state index in [9.17, 15) is 0 Å². The van der Waals surface area contributed by atoms with Crippen LogP contribution in [0.4, 0.5) is 0 Å². The van der Waals surface area contributed by atoms with Gasteiger partial charge in [0.1, 0.15) is 0 Å². The molecule has 0 saturated carbocycles. The van der Waals surface area contributed by atoms with Gasteiger partial charge in [0.15, 0.2) is 0 Å². The van der Waals surface area contributed by atoms with Crippen LogP contribution in [0, 0.1) is 6.92 Å². The van der Waals surface area contributed by atoms with Crippen LogP contribution in [0.3, 0.4) is 0 Å². The molecule has 2 aliphatic rings. The molecule has 0 bridgehead atoms. The van der Waals surface area contributed by atoms with Gasteiger partial charge in [-0.2, -0.15) is 0 Å². The van der Waals surface area contributed by atoms with Gasteiger partial charge in [-0.1, -0.05) is 29.8 Å². The fraction of sp³-hybridized carbons (Fsp3) is 0.647. The standard InChI is InChI=1S/C17H25NO/c1-13-5-4-6-14(9-13)17(11-18-12-17)10-15-7-8-16(2,3)19-15/h4-6,9,15,18H,7-8,10-12H2,1-3H3. The predicted molar refractivity (Wildman–Crippen MR) is 78.5 cm³/mol. The molecule has 1 aromatic rings. The van der Waals surface area contributed by atoms with Crippen molar-refractivity contribution in [2.45, 2.75) is 57.2 Å². The van der Waals surface area contributed by atoms with E-state index in [1.165, 1.54) is 24.0 Å². The lowest BCUT2D eigenvalue weighted by molar-refractivity contribution is -0.0318. The van der Waals surface area contributed by atoms with Crippen molar-refractivity contribution in [1.29, 1.82) is 0 Å². The lowest BCUT2D eigenvalue weighted by atomic mass is 9.71. The van der Waals surface area contributed by atoms with Crippen LogP contribution in [0.15, 0.2) is 24.3 Å². The first kappa shape index (κ1) is 13.1. The van der Waals surface area contributed by atoms with E-state index >= 15 is 0 Å². The Morgan fingerprint density at radius 2 is 2.11 bits per heavy atom. The van der Waals surface area contributed by atoms with Crippen molar-refractivity contribution >= 4 is 0 Å². The van der Waals surface area contributed by atoms with Crippen molar-refractivity contribution in [3.05, 3.63) is 35.4 Å². The molecule has 2 fully saturated rings. The van der Waals surface area contributed by atoms with Gasteiger partial charge in [-0.25, -0.2) is 0 Å².